The van der Waals surface area contributed by atoms with E-state index >= 15 is 0 Å². The fourth-order valence-electron chi connectivity index (χ4n) is 2.68. The second kappa shape index (κ2) is 8.86. The molecule has 0 aromatic heterocycles. The third kappa shape index (κ3) is 4.17. The number of aliphatic hydroxyl groups excluding tert-OH is 1. The summed E-state index contributed by atoms with van der Waals surface area (Å²) in [4.78, 5) is 10.3. The van der Waals surface area contributed by atoms with Gasteiger partial charge < -0.3 is 14.6 Å². The molecule has 1 N–H and O–H groups in total. The van der Waals surface area contributed by atoms with Crippen molar-refractivity contribution in [2.75, 3.05) is 24.8 Å². The highest BCUT2D eigenvalue weighted by Crippen LogP contribution is 2.41. The maximum absolute atomic E-state index is 9.23. The van der Waals surface area contributed by atoms with E-state index in [1.165, 1.54) is 0 Å². The van der Waals surface area contributed by atoms with Crippen LogP contribution in [-0.2, 0) is 29.4 Å². The fraction of sp³-hybridized carbons (Fsp3) is 0.529. The van der Waals surface area contributed by atoms with Crippen molar-refractivity contribution in [3.63, 3.8) is 0 Å². The predicted octanol–water partition coefficient (Wildman–Crippen LogP) is 3.26. The summed E-state index contributed by atoms with van der Waals surface area (Å²) < 4.78 is 12.6. The second-order valence-electron chi connectivity index (χ2n) is 5.40. The molecule has 0 radical (unpaired) electrons. The van der Waals surface area contributed by atoms with Gasteiger partial charge in [0.05, 0.1) is 20.3 Å². The summed E-state index contributed by atoms with van der Waals surface area (Å²) in [6.45, 7) is 5.36. The Morgan fingerprint density at radius 1 is 1.26 bits per heavy atom. The number of alkyl halides is 1. The van der Waals surface area contributed by atoms with E-state index in [1.54, 1.807) is 7.11 Å². The number of fused-ring (bicyclic) bond motifs is 1. The SMILES string of the molecule is COc1c(C)c2c(c(OCCI)c1C/C=C(\C)CO)COOC2. The first-order valence-corrected chi connectivity index (χ1v) is 9.07. The van der Waals surface area contributed by atoms with Crippen molar-refractivity contribution in [3.8, 4) is 11.5 Å². The summed E-state index contributed by atoms with van der Waals surface area (Å²) in [6.07, 6.45) is 2.64. The molecule has 0 bridgehead atoms. The quantitative estimate of drug-likeness (QED) is 0.309. The Bertz CT molecular complexity index is 583. The van der Waals surface area contributed by atoms with Crippen LogP contribution in [0.25, 0.3) is 0 Å². The van der Waals surface area contributed by atoms with E-state index in [0.29, 0.717) is 26.2 Å². The van der Waals surface area contributed by atoms with E-state index in [4.69, 9.17) is 19.2 Å². The number of methoxy groups -OCH3 is 1. The van der Waals surface area contributed by atoms with E-state index in [0.717, 1.165) is 43.8 Å². The minimum absolute atomic E-state index is 0.0487. The van der Waals surface area contributed by atoms with Crippen LogP contribution >= 0.6 is 22.6 Å². The summed E-state index contributed by atoms with van der Waals surface area (Å²) in [7, 11) is 1.67. The van der Waals surface area contributed by atoms with Gasteiger partial charge >= 0.3 is 0 Å². The molecule has 0 aliphatic carbocycles. The van der Waals surface area contributed by atoms with Gasteiger partial charge in [-0.15, -0.1) is 0 Å². The first kappa shape index (κ1) is 18.5. The van der Waals surface area contributed by atoms with Gasteiger partial charge in [-0.1, -0.05) is 34.2 Å². The molecule has 0 saturated heterocycles. The number of ether oxygens (including phenoxy) is 2. The highest BCUT2D eigenvalue weighted by molar-refractivity contribution is 14.1. The van der Waals surface area contributed by atoms with Gasteiger partial charge in [0.1, 0.15) is 24.7 Å². The maximum atomic E-state index is 9.23. The normalized spacial score (nSPS) is 14.6. The molecule has 1 heterocycles. The largest absolute Gasteiger partial charge is 0.496 e. The lowest BCUT2D eigenvalue weighted by atomic mass is 9.93. The van der Waals surface area contributed by atoms with Crippen molar-refractivity contribution >= 4 is 22.6 Å². The number of hydrogen-bond acceptors (Lipinski definition) is 5. The number of aliphatic hydroxyl groups is 1. The topological polar surface area (TPSA) is 57.2 Å². The summed E-state index contributed by atoms with van der Waals surface area (Å²) in [5.41, 5.74) is 5.07. The van der Waals surface area contributed by atoms with E-state index < -0.39 is 0 Å². The van der Waals surface area contributed by atoms with E-state index in [-0.39, 0.29) is 6.61 Å². The van der Waals surface area contributed by atoms with E-state index in [2.05, 4.69) is 22.6 Å². The molecule has 1 aromatic carbocycles. The summed E-state index contributed by atoms with van der Waals surface area (Å²) in [5.74, 6) is 1.64. The summed E-state index contributed by atoms with van der Waals surface area (Å²) in [6, 6.07) is 0. The molecule has 23 heavy (non-hydrogen) atoms. The predicted molar refractivity (Wildman–Crippen MR) is 96.2 cm³/mol. The third-order valence-electron chi connectivity index (χ3n) is 3.90. The zero-order valence-corrected chi connectivity index (χ0v) is 15.9. The number of rotatable bonds is 7. The van der Waals surface area contributed by atoms with Gasteiger partial charge in [-0.2, -0.15) is 0 Å². The highest BCUT2D eigenvalue weighted by atomic mass is 127. The van der Waals surface area contributed by atoms with Gasteiger partial charge in [0, 0.05) is 15.6 Å². The number of benzene rings is 1. The van der Waals surface area contributed by atoms with Gasteiger partial charge in [0.25, 0.3) is 0 Å². The van der Waals surface area contributed by atoms with Crippen molar-refractivity contribution in [2.45, 2.75) is 33.5 Å². The lowest BCUT2D eigenvalue weighted by Gasteiger charge is -2.26. The lowest BCUT2D eigenvalue weighted by Crippen LogP contribution is -2.15. The van der Waals surface area contributed by atoms with Crippen LogP contribution in [0.15, 0.2) is 11.6 Å². The molecule has 5 nitrogen and oxygen atoms in total. The Labute approximate surface area is 150 Å². The molecular formula is C17H23IO5. The number of allylic oxidation sites excluding steroid dienone is 1. The Hall–Kier alpha value is -0.830. The third-order valence-corrected chi connectivity index (χ3v) is 4.34. The maximum Gasteiger partial charge on any atom is 0.132 e. The van der Waals surface area contributed by atoms with Gasteiger partial charge in [0.2, 0.25) is 0 Å². The van der Waals surface area contributed by atoms with Crippen molar-refractivity contribution in [2.24, 2.45) is 0 Å². The van der Waals surface area contributed by atoms with Gasteiger partial charge in [-0.05, 0) is 31.4 Å². The van der Waals surface area contributed by atoms with Crippen LogP contribution in [0.1, 0.15) is 29.2 Å². The minimum atomic E-state index is 0.0487. The van der Waals surface area contributed by atoms with Crippen LogP contribution in [0.5, 0.6) is 11.5 Å². The second-order valence-corrected chi connectivity index (χ2v) is 6.48. The summed E-state index contributed by atoms with van der Waals surface area (Å²) >= 11 is 2.29. The van der Waals surface area contributed by atoms with Gasteiger partial charge in [-0.3, -0.25) is 0 Å². The first-order chi connectivity index (χ1) is 11.1. The first-order valence-electron chi connectivity index (χ1n) is 7.54. The Morgan fingerprint density at radius 2 is 1.96 bits per heavy atom. The monoisotopic (exact) mass is 434 g/mol. The molecule has 6 heteroatoms. The Balaban J connectivity index is 2.56. The molecule has 0 fully saturated rings. The average Bonchev–Trinajstić information content (AvgIpc) is 2.59. The standard InChI is InChI=1S/C17H23IO5/c1-11(8-19)4-5-13-16(20-3)12(2)14-9-22-23-10-15(14)17(13)21-7-6-18/h4,19H,5-10H2,1-3H3/b11-4+. The molecular weight excluding hydrogens is 411 g/mol. The van der Waals surface area contributed by atoms with Crippen molar-refractivity contribution in [3.05, 3.63) is 33.9 Å². The van der Waals surface area contributed by atoms with Crippen molar-refractivity contribution < 1.29 is 24.4 Å². The molecule has 2 rings (SSSR count). The van der Waals surface area contributed by atoms with Crippen LogP contribution in [-0.4, -0.2) is 29.9 Å². The lowest BCUT2D eigenvalue weighted by molar-refractivity contribution is -0.322. The van der Waals surface area contributed by atoms with E-state index in [1.807, 2.05) is 19.9 Å². The Kier molecular flexibility index (Phi) is 7.13. The fourth-order valence-corrected chi connectivity index (χ4v) is 2.90. The molecule has 1 aliphatic heterocycles. The van der Waals surface area contributed by atoms with Gasteiger partial charge in [0.15, 0.2) is 0 Å². The van der Waals surface area contributed by atoms with Crippen LogP contribution < -0.4 is 9.47 Å². The number of hydrogen-bond donors (Lipinski definition) is 1. The zero-order valence-electron chi connectivity index (χ0n) is 13.8. The molecule has 128 valence electrons. The Morgan fingerprint density at radius 3 is 2.57 bits per heavy atom. The number of halogens is 1. The molecule has 0 saturated carbocycles. The molecule has 0 spiro atoms. The van der Waals surface area contributed by atoms with Crippen LogP contribution in [0.4, 0.5) is 0 Å². The molecule has 0 unspecified atom stereocenters. The van der Waals surface area contributed by atoms with Gasteiger partial charge in [-0.25, -0.2) is 9.78 Å². The van der Waals surface area contributed by atoms with Crippen LogP contribution in [0.3, 0.4) is 0 Å². The van der Waals surface area contributed by atoms with Crippen molar-refractivity contribution in [1.29, 1.82) is 0 Å². The average molecular weight is 434 g/mol. The van der Waals surface area contributed by atoms with Crippen molar-refractivity contribution in [1.82, 2.24) is 0 Å². The molecule has 0 amide bonds. The minimum Gasteiger partial charge on any atom is -0.496 e. The zero-order chi connectivity index (χ0) is 16.8. The van der Waals surface area contributed by atoms with E-state index in [9.17, 15) is 5.11 Å². The molecule has 1 aromatic rings. The van der Waals surface area contributed by atoms with Crippen LogP contribution in [0.2, 0.25) is 0 Å². The summed E-state index contributed by atoms with van der Waals surface area (Å²) in [5, 5.41) is 9.23. The molecule has 1 aliphatic rings. The smallest absolute Gasteiger partial charge is 0.132 e. The highest BCUT2D eigenvalue weighted by Gasteiger charge is 2.26. The molecule has 0 atom stereocenters. The van der Waals surface area contributed by atoms with Crippen LogP contribution in [0, 0.1) is 6.92 Å².